The van der Waals surface area contributed by atoms with Crippen LogP contribution in [0.4, 0.5) is 0 Å². The van der Waals surface area contributed by atoms with E-state index in [1.165, 1.54) is 96.3 Å². The first kappa shape index (κ1) is 79.4. The number of aliphatic hydroxyl groups is 1. The number of aliphatic hydroxyl groups excluding tert-OH is 1. The summed E-state index contributed by atoms with van der Waals surface area (Å²) in [7, 11) is -4.80. The van der Waals surface area contributed by atoms with Crippen LogP contribution >= 0.6 is 7.82 Å². The topological polar surface area (TPSA) is 155 Å². The van der Waals surface area contributed by atoms with Crippen LogP contribution in [0.2, 0.25) is 0 Å². The highest BCUT2D eigenvalue weighted by Gasteiger charge is 2.28. The monoisotopic (exact) mass is 1190 g/mol. The Kier molecular flexibility index (Phi) is 60.8. The molecule has 0 amide bonds. The molecule has 0 radical (unpaired) electrons. The van der Waals surface area contributed by atoms with Gasteiger partial charge in [0.2, 0.25) is 0 Å². The average molecular weight is 1190 g/mol. The maximum Gasteiger partial charge on any atom is 0.472 e. The van der Waals surface area contributed by atoms with E-state index in [9.17, 15) is 28.9 Å². The van der Waals surface area contributed by atoms with Crippen molar-refractivity contribution in [1.82, 2.24) is 0 Å². The fraction of sp³-hybridized carbons (Fsp3) is 0.625. The predicted octanol–water partition coefficient (Wildman–Crippen LogP) is 20.3. The van der Waals surface area contributed by atoms with Gasteiger partial charge in [0.15, 0.2) is 6.10 Å². The molecule has 0 rings (SSSR count). The van der Waals surface area contributed by atoms with Crippen molar-refractivity contribution in [3.63, 3.8) is 0 Å². The second-order valence-corrected chi connectivity index (χ2v) is 22.6. The van der Waals surface area contributed by atoms with E-state index in [0.29, 0.717) is 32.1 Å². The third kappa shape index (κ3) is 61.9. The zero-order valence-electron chi connectivity index (χ0n) is 52.8. The number of unbranched alkanes of at least 4 members (excludes halogenated alkanes) is 18. The van der Waals surface area contributed by atoms with Crippen molar-refractivity contribution in [3.05, 3.63) is 146 Å². The molecule has 11 nitrogen and oxygen atoms in total. The molecule has 3 unspecified atom stereocenters. The van der Waals surface area contributed by atoms with E-state index in [0.717, 1.165) is 83.5 Å². The number of carbonyl (C=O) groups excluding carboxylic acids is 3. The smallest absolute Gasteiger partial charge is 0.462 e. The first-order chi connectivity index (χ1) is 41.2. The number of ether oxygens (including phenoxy) is 3. The molecule has 0 aromatic carbocycles. The van der Waals surface area contributed by atoms with Crippen LogP contribution in [0.15, 0.2) is 146 Å². The van der Waals surface area contributed by atoms with Crippen molar-refractivity contribution in [2.45, 2.75) is 264 Å². The summed E-state index contributed by atoms with van der Waals surface area (Å²) in [5.74, 6) is -1.66. The predicted molar refractivity (Wildman–Crippen MR) is 352 cm³/mol. The van der Waals surface area contributed by atoms with E-state index in [-0.39, 0.29) is 25.9 Å². The van der Waals surface area contributed by atoms with Crippen LogP contribution in [0.25, 0.3) is 0 Å². The van der Waals surface area contributed by atoms with E-state index in [2.05, 4.69) is 142 Å². The Hall–Kier alpha value is -4.64. The number of hydrogen-bond donors (Lipinski definition) is 2. The molecule has 2 N–H and O–H groups in total. The number of hydrogen-bond acceptors (Lipinski definition) is 10. The van der Waals surface area contributed by atoms with Gasteiger partial charge in [-0.15, -0.1) is 0 Å². The summed E-state index contributed by atoms with van der Waals surface area (Å²) < 4.78 is 39.5. The first-order valence-electron chi connectivity index (χ1n) is 32.7. The number of carbonyl (C=O) groups is 3. The molecule has 0 aromatic heterocycles. The highest BCUT2D eigenvalue weighted by Crippen LogP contribution is 2.43. The summed E-state index contributed by atoms with van der Waals surface area (Å²) in [4.78, 5) is 48.7. The van der Waals surface area contributed by atoms with Gasteiger partial charge in [-0.3, -0.25) is 23.4 Å². The van der Waals surface area contributed by atoms with Crippen LogP contribution in [-0.4, -0.2) is 66.5 Å². The molecule has 84 heavy (non-hydrogen) atoms. The number of rotatable bonds is 59. The summed E-state index contributed by atoms with van der Waals surface area (Å²) in [6.07, 6.45) is 84.1. The van der Waals surface area contributed by atoms with Crippen LogP contribution in [0.1, 0.15) is 252 Å². The van der Waals surface area contributed by atoms with Crippen molar-refractivity contribution in [2.75, 3.05) is 26.4 Å². The summed E-state index contributed by atoms with van der Waals surface area (Å²) in [6, 6.07) is 0. The van der Waals surface area contributed by atoms with Gasteiger partial charge in [0, 0.05) is 19.3 Å². The Labute approximate surface area is 512 Å². The highest BCUT2D eigenvalue weighted by atomic mass is 31.2. The normalized spacial score (nSPS) is 14.2. The minimum atomic E-state index is -4.80. The van der Waals surface area contributed by atoms with E-state index in [1.807, 2.05) is 24.3 Å². The van der Waals surface area contributed by atoms with Crippen LogP contribution in [-0.2, 0) is 42.2 Å². The van der Waals surface area contributed by atoms with Crippen molar-refractivity contribution >= 4 is 25.7 Å². The Morgan fingerprint density at radius 1 is 0.345 bits per heavy atom. The fourth-order valence-corrected chi connectivity index (χ4v) is 9.19. The molecule has 0 aliphatic carbocycles. The van der Waals surface area contributed by atoms with E-state index in [1.54, 1.807) is 0 Å². The van der Waals surface area contributed by atoms with Gasteiger partial charge in [-0.05, 0) is 96.3 Å². The number of phosphoric ester groups is 1. The molecule has 12 heteroatoms. The Balaban J connectivity index is 4.87. The molecule has 0 fully saturated rings. The maximum atomic E-state index is 13.0. The molecule has 0 bridgehead atoms. The van der Waals surface area contributed by atoms with Gasteiger partial charge in [0.05, 0.1) is 19.8 Å². The molecule has 0 aromatic rings. The maximum absolute atomic E-state index is 13.0. The van der Waals surface area contributed by atoms with Crippen LogP contribution in [0, 0.1) is 0 Å². The molecule has 0 heterocycles. The van der Waals surface area contributed by atoms with Crippen molar-refractivity contribution in [3.8, 4) is 0 Å². The molecule has 0 spiro atoms. The molecular formula is C72H117O11P. The Bertz CT molecular complexity index is 1970. The number of allylic oxidation sites excluding steroid dienone is 24. The molecule has 3 atom stereocenters. The Morgan fingerprint density at radius 2 is 0.619 bits per heavy atom. The van der Waals surface area contributed by atoms with Crippen LogP contribution in [0.5, 0.6) is 0 Å². The van der Waals surface area contributed by atoms with Gasteiger partial charge >= 0.3 is 25.7 Å². The molecule has 0 saturated carbocycles. The van der Waals surface area contributed by atoms with Crippen molar-refractivity contribution in [2.24, 2.45) is 0 Å². The van der Waals surface area contributed by atoms with Gasteiger partial charge in [0.1, 0.15) is 12.7 Å². The summed E-state index contributed by atoms with van der Waals surface area (Å²) in [6.45, 7) is 4.27. The first-order valence-corrected chi connectivity index (χ1v) is 34.2. The van der Waals surface area contributed by atoms with Crippen LogP contribution in [0.3, 0.4) is 0 Å². The van der Waals surface area contributed by atoms with Gasteiger partial charge in [0.25, 0.3) is 0 Å². The van der Waals surface area contributed by atoms with Gasteiger partial charge in [-0.1, -0.05) is 282 Å². The highest BCUT2D eigenvalue weighted by molar-refractivity contribution is 7.47. The molecule has 0 saturated heterocycles. The fourth-order valence-electron chi connectivity index (χ4n) is 8.41. The van der Waals surface area contributed by atoms with Gasteiger partial charge in [-0.2, -0.15) is 0 Å². The van der Waals surface area contributed by atoms with Gasteiger partial charge < -0.3 is 24.2 Å². The lowest BCUT2D eigenvalue weighted by Gasteiger charge is -2.21. The van der Waals surface area contributed by atoms with E-state index >= 15 is 0 Å². The summed E-state index contributed by atoms with van der Waals surface area (Å²) in [5, 5.41) is 9.85. The van der Waals surface area contributed by atoms with E-state index < -0.39 is 57.8 Å². The van der Waals surface area contributed by atoms with Crippen molar-refractivity contribution in [1.29, 1.82) is 0 Å². The zero-order chi connectivity index (χ0) is 61.2. The molecule has 476 valence electrons. The molecule has 0 aliphatic heterocycles. The second-order valence-electron chi connectivity index (χ2n) is 21.2. The number of phosphoric acid groups is 1. The minimum absolute atomic E-state index is 0.0307. The zero-order valence-corrected chi connectivity index (χ0v) is 53.7. The molecule has 0 aliphatic rings. The van der Waals surface area contributed by atoms with Gasteiger partial charge in [-0.25, -0.2) is 4.57 Å². The summed E-state index contributed by atoms with van der Waals surface area (Å²) >= 11 is 0. The second kappa shape index (κ2) is 64.4. The lowest BCUT2D eigenvalue weighted by molar-refractivity contribution is -0.161. The third-order valence-corrected chi connectivity index (χ3v) is 14.2. The molecular weight excluding hydrogens is 1070 g/mol. The standard InChI is InChI=1S/C72H117O11P/c1-4-7-10-13-16-19-22-25-28-31-34-37-40-43-46-49-52-55-58-61-70(74)79-65-69(83-72(76)63-60-57-54-51-48-45-42-39-36-33-30-27-24-21-18-15-12-9-6-3)67-81-84(77,78)80-66-68(64-73)82-71(75)62-59-56-53-50-47-44-41-38-35-32-29-26-23-20-17-14-11-8-5-2/h8-9,11-12,17-18,20-21,26-27,29-30,35-36,38-39,44-45,47-48,53-54,56-57,68-69,73H,4-7,10,13-16,19,22-25,28,31-34,37,40-43,46,49-52,55,58-67H2,1-3H3,(H,77,78)/b11-8-,12-9-,20-17-,21-18-,29-26-,30-27-,38-35-,39-36-,47-44-,48-45-,56-53-,57-54-. The SMILES string of the molecule is CC/C=C\C/C=C\C/C=C\C/C=C\C/C=C\C/C=C\CCC(=O)OC(CO)COP(=O)(O)OCC(COC(=O)CCCCCCCCCCCCCCCCCCCCC)OC(=O)CC/C=C\C/C=C\C/C=C\C/C=C\C/C=C\C/C=C\CC. The summed E-state index contributed by atoms with van der Waals surface area (Å²) in [5.41, 5.74) is 0. The minimum Gasteiger partial charge on any atom is -0.462 e. The Morgan fingerprint density at radius 3 is 0.929 bits per heavy atom. The lowest BCUT2D eigenvalue weighted by atomic mass is 10.0. The largest absolute Gasteiger partial charge is 0.472 e. The van der Waals surface area contributed by atoms with Crippen molar-refractivity contribution < 1.29 is 52.2 Å². The average Bonchev–Trinajstić information content (AvgIpc) is 3.54. The lowest BCUT2D eigenvalue weighted by Crippen LogP contribution is -2.30. The third-order valence-electron chi connectivity index (χ3n) is 13.3. The van der Waals surface area contributed by atoms with E-state index in [4.69, 9.17) is 23.3 Å². The quantitative estimate of drug-likeness (QED) is 0.0197. The number of esters is 3. The van der Waals surface area contributed by atoms with Crippen LogP contribution < -0.4 is 0 Å².